The molecule has 0 unspecified atom stereocenters. The molecule has 158 valence electrons. The third kappa shape index (κ3) is 12.2. The first kappa shape index (κ1) is 26.6. The van der Waals surface area contributed by atoms with Gasteiger partial charge in [0.15, 0.2) is 0 Å². The lowest BCUT2D eigenvalue weighted by Gasteiger charge is -2.41. The van der Waals surface area contributed by atoms with Crippen LogP contribution < -0.4 is 0 Å². The Morgan fingerprint density at radius 1 is 0.462 bits per heavy atom. The van der Waals surface area contributed by atoms with E-state index in [0.29, 0.717) is 19.8 Å². The second-order valence-corrected chi connectivity index (χ2v) is 21.4. The normalized spacial score (nSPS) is 14.1. The van der Waals surface area contributed by atoms with Crippen LogP contribution >= 0.6 is 0 Å². The molecule has 0 heterocycles. The van der Waals surface area contributed by atoms with Crippen LogP contribution in [0, 0.1) is 0 Å². The number of rotatable bonds is 15. The summed E-state index contributed by atoms with van der Waals surface area (Å²) in [6.45, 7) is 22.6. The van der Waals surface area contributed by atoms with Gasteiger partial charge >= 0.3 is 34.5 Å². The Hall–Kier alpha value is 0.628. The Balaban J connectivity index is 5.35. The van der Waals surface area contributed by atoms with Crippen molar-refractivity contribution < 1.29 is 25.6 Å². The van der Waals surface area contributed by atoms with Gasteiger partial charge in [0.2, 0.25) is 0 Å². The molecule has 0 aromatic carbocycles. The first-order chi connectivity index (χ1) is 11.8. The summed E-state index contributed by atoms with van der Waals surface area (Å²) in [6.07, 6.45) is 2.87. The molecular weight excluding hydrogens is 401 g/mol. The van der Waals surface area contributed by atoms with Gasteiger partial charge in [-0.05, 0) is 58.5 Å². The molecule has 0 aromatic rings. The van der Waals surface area contributed by atoms with Crippen molar-refractivity contribution in [2.75, 3.05) is 19.8 Å². The average Bonchev–Trinajstić information content (AvgIpc) is 2.46. The van der Waals surface area contributed by atoms with Crippen LogP contribution in [0.1, 0.15) is 40.0 Å². The van der Waals surface area contributed by atoms with Crippen molar-refractivity contribution >= 4 is 34.5 Å². The maximum Gasteiger partial charge on any atom is 0.470 e. The van der Waals surface area contributed by atoms with E-state index >= 15 is 0 Å². The smallest absolute Gasteiger partial charge is 0.395 e. The summed E-state index contributed by atoms with van der Waals surface area (Å²) >= 11 is 0. The second kappa shape index (κ2) is 11.6. The molecule has 6 nitrogen and oxygen atoms in total. The lowest BCUT2D eigenvalue weighted by Crippen LogP contribution is -2.62. The van der Waals surface area contributed by atoms with Gasteiger partial charge in [-0.1, -0.05) is 20.8 Å². The topological polar surface area (TPSA) is 55.4 Å². The van der Waals surface area contributed by atoms with Crippen molar-refractivity contribution in [3.63, 3.8) is 0 Å². The van der Waals surface area contributed by atoms with Gasteiger partial charge in [-0.3, -0.25) is 0 Å². The van der Waals surface area contributed by atoms with Crippen LogP contribution in [0.25, 0.3) is 0 Å². The van der Waals surface area contributed by atoms with Gasteiger partial charge in [0.25, 0.3) is 0 Å². The fourth-order valence-electron chi connectivity index (χ4n) is 2.53. The van der Waals surface area contributed by atoms with Crippen LogP contribution in [-0.2, 0) is 25.6 Å². The van der Waals surface area contributed by atoms with E-state index in [2.05, 4.69) is 20.8 Å². The highest BCUT2D eigenvalue weighted by molar-refractivity contribution is 6.86. The Morgan fingerprint density at radius 2 is 0.692 bits per heavy atom. The van der Waals surface area contributed by atoms with Gasteiger partial charge in [-0.2, -0.15) is 0 Å². The molecular formula is C16H42O6Si4. The van der Waals surface area contributed by atoms with Crippen LogP contribution in [0.4, 0.5) is 0 Å². The molecule has 0 saturated carbocycles. The van der Waals surface area contributed by atoms with Crippen molar-refractivity contribution in [1.29, 1.82) is 0 Å². The van der Waals surface area contributed by atoms with Crippen molar-refractivity contribution in [1.82, 2.24) is 0 Å². The van der Waals surface area contributed by atoms with Gasteiger partial charge in [0, 0.05) is 26.4 Å². The summed E-state index contributed by atoms with van der Waals surface area (Å²) in [5, 5.41) is 0. The fourth-order valence-corrected chi connectivity index (χ4v) is 17.7. The minimum absolute atomic E-state index is 0.685. The zero-order chi connectivity index (χ0) is 20.5. The van der Waals surface area contributed by atoms with Crippen LogP contribution in [0.15, 0.2) is 0 Å². The Kier molecular flexibility index (Phi) is 11.9. The molecule has 0 atom stereocenters. The third-order valence-electron chi connectivity index (χ3n) is 3.25. The van der Waals surface area contributed by atoms with E-state index in [1.54, 1.807) is 0 Å². The molecule has 0 fully saturated rings. The summed E-state index contributed by atoms with van der Waals surface area (Å²) < 4.78 is 37.5. The van der Waals surface area contributed by atoms with E-state index in [0.717, 1.165) is 19.3 Å². The first-order valence-electron chi connectivity index (χ1n) is 9.82. The maximum absolute atomic E-state index is 6.48. The molecule has 0 bridgehead atoms. The maximum atomic E-state index is 6.48. The predicted molar refractivity (Wildman–Crippen MR) is 116 cm³/mol. The zero-order valence-electron chi connectivity index (χ0n) is 18.7. The number of hydrogen-bond donors (Lipinski definition) is 0. The minimum atomic E-state index is -3.00. The quantitative estimate of drug-likeness (QED) is 0.333. The third-order valence-corrected chi connectivity index (χ3v) is 16.3. The Bertz CT molecular complexity index is 338. The SMILES string of the molecule is CCCO[Si](C)(C)O[Si](C)(O[Si](C)(C)OCCC)O[Si](C)(C)OCCC. The van der Waals surface area contributed by atoms with Crippen LogP contribution in [0.3, 0.4) is 0 Å². The van der Waals surface area contributed by atoms with Crippen LogP contribution in [0.2, 0.25) is 45.8 Å². The molecule has 10 heteroatoms. The highest BCUT2D eigenvalue weighted by Crippen LogP contribution is 2.27. The predicted octanol–water partition coefficient (Wildman–Crippen LogP) is 4.99. The van der Waals surface area contributed by atoms with Crippen molar-refractivity contribution in [3.8, 4) is 0 Å². The van der Waals surface area contributed by atoms with Gasteiger partial charge < -0.3 is 25.6 Å². The van der Waals surface area contributed by atoms with Crippen molar-refractivity contribution in [2.45, 2.75) is 85.9 Å². The van der Waals surface area contributed by atoms with Crippen LogP contribution in [-0.4, -0.2) is 54.3 Å². The summed E-state index contributed by atoms with van der Waals surface area (Å²) in [6, 6.07) is 0. The first-order valence-corrected chi connectivity index (χ1v) is 20.5. The molecule has 0 aromatic heterocycles. The molecule has 0 radical (unpaired) electrons. The zero-order valence-corrected chi connectivity index (χ0v) is 22.7. The Morgan fingerprint density at radius 3 is 0.885 bits per heavy atom. The fraction of sp³-hybridized carbons (Fsp3) is 1.00. The van der Waals surface area contributed by atoms with E-state index in [1.165, 1.54) is 0 Å². The summed E-state index contributed by atoms with van der Waals surface area (Å²) in [7, 11) is -10.1. The second-order valence-electron chi connectivity index (χ2n) is 7.91. The molecule has 0 saturated heterocycles. The minimum Gasteiger partial charge on any atom is -0.395 e. The van der Waals surface area contributed by atoms with Crippen molar-refractivity contribution in [3.05, 3.63) is 0 Å². The molecule has 0 rings (SSSR count). The molecule has 0 N–H and O–H groups in total. The molecule has 0 aliphatic heterocycles. The average molecular weight is 443 g/mol. The van der Waals surface area contributed by atoms with E-state index in [1.807, 2.05) is 45.8 Å². The molecule has 0 spiro atoms. The van der Waals surface area contributed by atoms with Crippen LogP contribution in [0.5, 0.6) is 0 Å². The number of hydrogen-bond acceptors (Lipinski definition) is 6. The van der Waals surface area contributed by atoms with E-state index in [-0.39, 0.29) is 0 Å². The molecule has 0 amide bonds. The summed E-state index contributed by atoms with van der Waals surface area (Å²) in [5.41, 5.74) is 0. The van der Waals surface area contributed by atoms with E-state index in [4.69, 9.17) is 25.6 Å². The monoisotopic (exact) mass is 442 g/mol. The molecule has 0 aliphatic carbocycles. The summed E-state index contributed by atoms with van der Waals surface area (Å²) in [5.74, 6) is 0. The highest BCUT2D eigenvalue weighted by Gasteiger charge is 2.51. The lowest BCUT2D eigenvalue weighted by atomic mass is 10.5. The highest BCUT2D eigenvalue weighted by atomic mass is 28.5. The van der Waals surface area contributed by atoms with E-state index < -0.39 is 34.5 Å². The van der Waals surface area contributed by atoms with Gasteiger partial charge in [-0.25, -0.2) is 0 Å². The lowest BCUT2D eigenvalue weighted by molar-refractivity contribution is 0.143. The van der Waals surface area contributed by atoms with Gasteiger partial charge in [0.05, 0.1) is 0 Å². The largest absolute Gasteiger partial charge is 0.470 e. The van der Waals surface area contributed by atoms with E-state index in [9.17, 15) is 0 Å². The summed E-state index contributed by atoms with van der Waals surface area (Å²) in [4.78, 5) is 0. The molecule has 0 aliphatic rings. The van der Waals surface area contributed by atoms with Gasteiger partial charge in [-0.15, -0.1) is 0 Å². The Labute approximate surface area is 166 Å². The molecule has 26 heavy (non-hydrogen) atoms. The van der Waals surface area contributed by atoms with Crippen molar-refractivity contribution in [2.24, 2.45) is 0 Å². The standard InChI is InChI=1S/C16H42O6Si4/c1-11-14-17-23(4,5)20-26(10,21-24(6,7)18-15-12-2)22-25(8,9)19-16-13-3/h11-16H2,1-10H3. The van der Waals surface area contributed by atoms with Gasteiger partial charge in [0.1, 0.15) is 0 Å².